The summed E-state index contributed by atoms with van der Waals surface area (Å²) >= 11 is 0. The van der Waals surface area contributed by atoms with Crippen molar-refractivity contribution in [2.75, 3.05) is 0 Å². The topological polar surface area (TPSA) is 96.5 Å². The molecule has 8 heteroatoms. The van der Waals surface area contributed by atoms with E-state index in [0.717, 1.165) is 18.4 Å². The molecule has 3 N–H and O–H groups in total. The predicted octanol–water partition coefficient (Wildman–Crippen LogP) is 3.86. The minimum Gasteiger partial charge on any atom is -0.444 e. The van der Waals surface area contributed by atoms with E-state index in [1.165, 1.54) is 6.07 Å². The monoisotopic (exact) mass is 469 g/mol. The fourth-order valence-electron chi connectivity index (χ4n) is 3.39. The van der Waals surface area contributed by atoms with Gasteiger partial charge in [0.2, 0.25) is 5.91 Å². The molecule has 2 aromatic rings. The fourth-order valence-corrected chi connectivity index (χ4v) is 3.39. The number of benzene rings is 2. The maximum absolute atomic E-state index is 14.2. The van der Waals surface area contributed by atoms with Gasteiger partial charge >= 0.3 is 6.09 Å². The molecule has 34 heavy (non-hydrogen) atoms. The summed E-state index contributed by atoms with van der Waals surface area (Å²) in [4.78, 5) is 37.2. The number of nitrogens with one attached hydrogen (secondary N) is 3. The third kappa shape index (κ3) is 8.50. The maximum atomic E-state index is 14.2. The van der Waals surface area contributed by atoms with Gasteiger partial charge in [0.25, 0.3) is 5.91 Å². The molecular formula is C26H32FN3O4. The van der Waals surface area contributed by atoms with E-state index in [0.29, 0.717) is 11.1 Å². The summed E-state index contributed by atoms with van der Waals surface area (Å²) in [6, 6.07) is 12.9. The third-order valence-corrected chi connectivity index (χ3v) is 5.17. The molecule has 0 spiro atoms. The summed E-state index contributed by atoms with van der Waals surface area (Å²) in [5.74, 6) is -0.840. The van der Waals surface area contributed by atoms with Crippen molar-refractivity contribution in [2.24, 2.45) is 0 Å². The highest BCUT2D eigenvalue weighted by atomic mass is 19.1. The summed E-state index contributed by atoms with van der Waals surface area (Å²) in [7, 11) is 0. The molecule has 0 aromatic heterocycles. The van der Waals surface area contributed by atoms with Crippen molar-refractivity contribution in [3.63, 3.8) is 0 Å². The first-order valence-corrected chi connectivity index (χ1v) is 11.5. The van der Waals surface area contributed by atoms with Crippen LogP contribution in [0.5, 0.6) is 0 Å². The molecule has 1 atom stereocenters. The molecule has 3 rings (SSSR count). The molecular weight excluding hydrogens is 437 g/mol. The Morgan fingerprint density at radius 2 is 1.82 bits per heavy atom. The van der Waals surface area contributed by atoms with Crippen molar-refractivity contribution >= 4 is 17.9 Å². The van der Waals surface area contributed by atoms with Crippen LogP contribution in [0, 0.1) is 5.82 Å². The first-order chi connectivity index (χ1) is 16.1. The Morgan fingerprint density at radius 3 is 2.50 bits per heavy atom. The van der Waals surface area contributed by atoms with Crippen molar-refractivity contribution < 1.29 is 23.5 Å². The van der Waals surface area contributed by atoms with Gasteiger partial charge in [-0.2, -0.15) is 0 Å². The van der Waals surface area contributed by atoms with Gasteiger partial charge in [0.05, 0.1) is 0 Å². The van der Waals surface area contributed by atoms with Gasteiger partial charge in [-0.25, -0.2) is 9.18 Å². The summed E-state index contributed by atoms with van der Waals surface area (Å²) in [6.07, 6.45) is 1.42. The number of carbonyl (C=O) groups is 3. The number of alkyl carbamates (subject to hydrolysis) is 1. The molecule has 1 aliphatic carbocycles. The number of hydrogen-bond donors (Lipinski definition) is 3. The summed E-state index contributed by atoms with van der Waals surface area (Å²) in [6.45, 7) is 5.45. The van der Waals surface area contributed by atoms with Gasteiger partial charge < -0.3 is 20.7 Å². The largest absolute Gasteiger partial charge is 0.444 e. The predicted molar refractivity (Wildman–Crippen MR) is 127 cm³/mol. The van der Waals surface area contributed by atoms with Crippen LogP contribution in [0.3, 0.4) is 0 Å². The summed E-state index contributed by atoms with van der Waals surface area (Å²) < 4.78 is 19.5. The summed E-state index contributed by atoms with van der Waals surface area (Å²) in [5, 5.41) is 8.44. The lowest BCUT2D eigenvalue weighted by Crippen LogP contribution is -2.43. The van der Waals surface area contributed by atoms with Crippen LogP contribution >= 0.6 is 0 Å². The minimum atomic E-state index is -0.703. The molecule has 0 unspecified atom stereocenters. The van der Waals surface area contributed by atoms with Crippen LogP contribution in [0.2, 0.25) is 0 Å². The number of rotatable bonds is 9. The fraction of sp³-hybridized carbons (Fsp3) is 0.423. The molecule has 0 heterocycles. The molecule has 2 aromatic carbocycles. The van der Waals surface area contributed by atoms with Gasteiger partial charge in [-0.3, -0.25) is 9.59 Å². The van der Waals surface area contributed by atoms with Crippen molar-refractivity contribution in [3.05, 3.63) is 71.0 Å². The zero-order valence-electron chi connectivity index (χ0n) is 19.8. The Hall–Kier alpha value is -3.42. The Balaban J connectivity index is 1.59. The van der Waals surface area contributed by atoms with Gasteiger partial charge in [-0.15, -0.1) is 0 Å². The lowest BCUT2D eigenvalue weighted by atomic mass is 10.0. The van der Waals surface area contributed by atoms with Crippen LogP contribution in [-0.4, -0.2) is 35.6 Å². The molecule has 0 bridgehead atoms. The van der Waals surface area contributed by atoms with Crippen LogP contribution in [0.4, 0.5) is 9.18 Å². The molecule has 0 saturated heterocycles. The van der Waals surface area contributed by atoms with Crippen LogP contribution in [0.25, 0.3) is 0 Å². The second-order valence-corrected chi connectivity index (χ2v) is 9.57. The quantitative estimate of drug-likeness (QED) is 0.520. The third-order valence-electron chi connectivity index (χ3n) is 5.17. The van der Waals surface area contributed by atoms with E-state index < -0.39 is 23.6 Å². The molecule has 182 valence electrons. The zero-order valence-corrected chi connectivity index (χ0v) is 19.8. The van der Waals surface area contributed by atoms with Crippen LogP contribution < -0.4 is 16.0 Å². The van der Waals surface area contributed by atoms with Crippen molar-refractivity contribution in [2.45, 2.75) is 70.7 Å². The average molecular weight is 470 g/mol. The van der Waals surface area contributed by atoms with E-state index in [2.05, 4.69) is 16.0 Å². The Bertz CT molecular complexity index is 1030. The molecule has 1 saturated carbocycles. The second kappa shape index (κ2) is 11.1. The van der Waals surface area contributed by atoms with Gasteiger partial charge in [-0.1, -0.05) is 30.3 Å². The second-order valence-electron chi connectivity index (χ2n) is 9.57. The molecule has 7 nitrogen and oxygen atoms in total. The van der Waals surface area contributed by atoms with E-state index in [9.17, 15) is 18.8 Å². The van der Waals surface area contributed by atoms with Crippen molar-refractivity contribution in [1.29, 1.82) is 0 Å². The maximum Gasteiger partial charge on any atom is 0.407 e. The number of ether oxygens (including phenoxy) is 1. The number of amides is 3. The van der Waals surface area contributed by atoms with Gasteiger partial charge in [-0.05, 0) is 69.4 Å². The highest BCUT2D eigenvalue weighted by Crippen LogP contribution is 2.19. The number of halogens is 1. The van der Waals surface area contributed by atoms with E-state index >= 15 is 0 Å². The minimum absolute atomic E-state index is 0.0601. The molecule has 3 amide bonds. The highest BCUT2D eigenvalue weighted by Gasteiger charge is 2.24. The van der Waals surface area contributed by atoms with Gasteiger partial charge in [0.15, 0.2) is 0 Å². The van der Waals surface area contributed by atoms with Crippen molar-refractivity contribution in [3.8, 4) is 0 Å². The normalized spacial score (nSPS) is 14.1. The number of hydrogen-bond acceptors (Lipinski definition) is 4. The SMILES string of the molecule is CC(C)(C)OC(=O)N[C@@H](CC(=O)NCc1cccc(C(=O)NC2CC2)c1)Cc1ccccc1F. The average Bonchev–Trinajstić information content (AvgIpc) is 3.56. The zero-order chi connectivity index (χ0) is 24.7. The number of carbonyl (C=O) groups excluding carboxylic acids is 3. The Kier molecular flexibility index (Phi) is 8.26. The molecule has 0 radical (unpaired) electrons. The van der Waals surface area contributed by atoms with Crippen molar-refractivity contribution in [1.82, 2.24) is 16.0 Å². The first-order valence-electron chi connectivity index (χ1n) is 11.5. The molecule has 0 aliphatic heterocycles. The van der Waals surface area contributed by atoms with E-state index in [-0.39, 0.29) is 37.2 Å². The van der Waals surface area contributed by atoms with Crippen LogP contribution in [0.1, 0.15) is 61.5 Å². The first kappa shape index (κ1) is 25.2. The lowest BCUT2D eigenvalue weighted by Gasteiger charge is -2.23. The van der Waals surface area contributed by atoms with Crippen LogP contribution in [-0.2, 0) is 22.5 Å². The standard InChI is InChI=1S/C26H32FN3O4/c1-26(2,3)34-25(33)30-21(14-18-8-4-5-10-22(18)27)15-23(31)28-16-17-7-6-9-19(13-17)24(32)29-20-11-12-20/h4-10,13,20-21H,11-12,14-16H2,1-3H3,(H,28,31)(H,29,32)(H,30,33)/t21-/m1/s1. The molecule has 1 fully saturated rings. The highest BCUT2D eigenvalue weighted by molar-refractivity contribution is 5.94. The Morgan fingerprint density at radius 1 is 1.09 bits per heavy atom. The molecule has 1 aliphatic rings. The van der Waals surface area contributed by atoms with Gasteiger partial charge in [0, 0.05) is 30.6 Å². The van der Waals surface area contributed by atoms with Crippen LogP contribution in [0.15, 0.2) is 48.5 Å². The lowest BCUT2D eigenvalue weighted by molar-refractivity contribution is -0.121. The van der Waals surface area contributed by atoms with E-state index in [1.807, 2.05) is 6.07 Å². The van der Waals surface area contributed by atoms with E-state index in [1.54, 1.807) is 57.2 Å². The Labute approximate surface area is 199 Å². The summed E-state index contributed by atoms with van der Waals surface area (Å²) in [5.41, 5.74) is 1.02. The smallest absolute Gasteiger partial charge is 0.407 e. The van der Waals surface area contributed by atoms with E-state index in [4.69, 9.17) is 4.74 Å². The van der Waals surface area contributed by atoms with Gasteiger partial charge in [0.1, 0.15) is 11.4 Å².